The zero-order chi connectivity index (χ0) is 23.2. The van der Waals surface area contributed by atoms with Gasteiger partial charge in [0, 0.05) is 31.8 Å². The Balaban J connectivity index is 1.75. The Morgan fingerprint density at radius 2 is 2.06 bits per heavy atom. The highest BCUT2D eigenvalue weighted by Gasteiger charge is 2.21. The van der Waals surface area contributed by atoms with Gasteiger partial charge < -0.3 is 15.0 Å². The predicted molar refractivity (Wildman–Crippen MR) is 133 cm³/mol. The second-order valence-corrected chi connectivity index (χ2v) is 9.21. The van der Waals surface area contributed by atoms with Crippen LogP contribution in [-0.2, 0) is 11.3 Å². The highest BCUT2D eigenvalue weighted by Crippen LogP contribution is 2.28. The maximum atomic E-state index is 13.7. The summed E-state index contributed by atoms with van der Waals surface area (Å²) < 4.78 is 2.29. The van der Waals surface area contributed by atoms with Gasteiger partial charge in [-0.05, 0) is 43.4 Å². The predicted octanol–water partition coefficient (Wildman–Crippen LogP) is 3.91. The number of nitriles is 1. The molecule has 0 amide bonds. The monoisotopic (exact) mass is 461 g/mol. The van der Waals surface area contributed by atoms with Gasteiger partial charge in [-0.1, -0.05) is 24.8 Å². The molecule has 2 aromatic heterocycles. The number of thiophene rings is 1. The van der Waals surface area contributed by atoms with Gasteiger partial charge >= 0.3 is 0 Å². The number of benzene rings is 1. The SMILES string of the molecule is C=C(NCCCC=O)c1cc2nc(N3CCCCC3)n(Cc3ccccc3C#N)c(=O)c2s1. The fourth-order valence-electron chi connectivity index (χ4n) is 4.08. The first-order valence-corrected chi connectivity index (χ1v) is 12.1. The summed E-state index contributed by atoms with van der Waals surface area (Å²) in [5.74, 6) is 0.661. The van der Waals surface area contributed by atoms with Gasteiger partial charge in [-0.3, -0.25) is 9.36 Å². The minimum atomic E-state index is -0.0988. The average molecular weight is 462 g/mol. The van der Waals surface area contributed by atoms with E-state index in [4.69, 9.17) is 4.98 Å². The molecule has 1 N–H and O–H groups in total. The molecular weight excluding hydrogens is 434 g/mol. The topological polar surface area (TPSA) is 91.0 Å². The summed E-state index contributed by atoms with van der Waals surface area (Å²) in [4.78, 5) is 32.2. The first-order chi connectivity index (χ1) is 16.1. The maximum absolute atomic E-state index is 13.7. The molecule has 0 unspecified atom stereocenters. The molecule has 0 radical (unpaired) electrons. The number of carbonyl (C=O) groups is 1. The standard InChI is InChI=1S/C25H27N5O2S/c1-18(27-11-5-8-14-31)22-15-21-23(33-22)24(32)30(17-20-10-4-3-9-19(20)16-26)25(28-21)29-12-6-2-7-13-29/h3-4,9-10,14-15,27H,1-2,5-8,11-13,17H2. The van der Waals surface area contributed by atoms with Crippen LogP contribution in [-0.4, -0.2) is 35.5 Å². The van der Waals surface area contributed by atoms with E-state index in [0.717, 1.165) is 54.8 Å². The second kappa shape index (κ2) is 10.5. The van der Waals surface area contributed by atoms with Crippen LogP contribution in [0.3, 0.4) is 0 Å². The Kier molecular flexibility index (Phi) is 7.20. The van der Waals surface area contributed by atoms with Gasteiger partial charge in [0.2, 0.25) is 5.95 Å². The van der Waals surface area contributed by atoms with E-state index in [0.29, 0.717) is 41.2 Å². The Hall–Kier alpha value is -3.44. The molecule has 1 aromatic carbocycles. The van der Waals surface area contributed by atoms with Crippen LogP contribution in [0, 0.1) is 11.3 Å². The van der Waals surface area contributed by atoms with Crippen molar-refractivity contribution in [3.05, 3.63) is 63.3 Å². The number of unbranched alkanes of at least 4 members (excludes halogenated alkanes) is 1. The van der Waals surface area contributed by atoms with Crippen molar-refractivity contribution in [2.24, 2.45) is 0 Å². The number of nitrogens with one attached hydrogen (secondary N) is 1. The van der Waals surface area contributed by atoms with Gasteiger partial charge in [0.05, 0.1) is 28.6 Å². The molecule has 33 heavy (non-hydrogen) atoms. The van der Waals surface area contributed by atoms with Crippen LogP contribution >= 0.6 is 11.3 Å². The lowest BCUT2D eigenvalue weighted by Crippen LogP contribution is -2.36. The zero-order valence-corrected chi connectivity index (χ0v) is 19.4. The molecule has 170 valence electrons. The summed E-state index contributed by atoms with van der Waals surface area (Å²) in [6, 6.07) is 11.5. The molecule has 0 atom stereocenters. The third-order valence-electron chi connectivity index (χ3n) is 5.85. The number of aromatic nitrogens is 2. The van der Waals surface area contributed by atoms with Gasteiger partial charge in [0.25, 0.3) is 5.56 Å². The summed E-state index contributed by atoms with van der Waals surface area (Å²) in [6.07, 6.45) is 5.46. The summed E-state index contributed by atoms with van der Waals surface area (Å²) in [7, 11) is 0. The molecule has 3 heterocycles. The highest BCUT2D eigenvalue weighted by atomic mass is 32.1. The summed E-state index contributed by atoms with van der Waals surface area (Å²) in [6.45, 7) is 6.77. The van der Waals surface area contributed by atoms with Crippen LogP contribution in [0.5, 0.6) is 0 Å². The highest BCUT2D eigenvalue weighted by molar-refractivity contribution is 7.19. The first-order valence-electron chi connectivity index (χ1n) is 11.3. The number of aldehydes is 1. The second-order valence-electron chi connectivity index (χ2n) is 8.16. The van der Waals surface area contributed by atoms with Gasteiger partial charge in [-0.15, -0.1) is 11.3 Å². The van der Waals surface area contributed by atoms with E-state index in [-0.39, 0.29) is 5.56 Å². The minimum absolute atomic E-state index is 0.0988. The number of rotatable bonds is 9. The van der Waals surface area contributed by atoms with E-state index in [2.05, 4.69) is 22.9 Å². The van der Waals surface area contributed by atoms with Gasteiger partial charge in [-0.2, -0.15) is 5.26 Å². The van der Waals surface area contributed by atoms with E-state index in [1.807, 2.05) is 24.3 Å². The first kappa shape index (κ1) is 22.7. The third kappa shape index (κ3) is 4.99. The van der Waals surface area contributed by atoms with E-state index >= 15 is 0 Å². The van der Waals surface area contributed by atoms with Gasteiger partial charge in [0.15, 0.2) is 0 Å². The fourth-order valence-corrected chi connectivity index (χ4v) is 5.07. The van der Waals surface area contributed by atoms with E-state index < -0.39 is 0 Å². The Morgan fingerprint density at radius 1 is 1.27 bits per heavy atom. The van der Waals surface area contributed by atoms with Crippen molar-refractivity contribution < 1.29 is 4.79 Å². The zero-order valence-electron chi connectivity index (χ0n) is 18.5. The average Bonchev–Trinajstić information content (AvgIpc) is 3.29. The Morgan fingerprint density at radius 3 is 2.82 bits per heavy atom. The fraction of sp³-hybridized carbons (Fsp3) is 0.360. The molecule has 8 heteroatoms. The lowest BCUT2D eigenvalue weighted by Gasteiger charge is -2.29. The van der Waals surface area contributed by atoms with Crippen LogP contribution in [0.4, 0.5) is 5.95 Å². The number of piperidine rings is 1. The molecule has 1 fully saturated rings. The quantitative estimate of drug-likeness (QED) is 0.384. The molecule has 0 bridgehead atoms. The van der Waals surface area contributed by atoms with Gasteiger partial charge in [-0.25, -0.2) is 4.98 Å². The molecule has 3 aromatic rings. The lowest BCUT2D eigenvalue weighted by molar-refractivity contribution is -0.107. The van der Waals surface area contributed by atoms with Crippen molar-refractivity contribution in [2.75, 3.05) is 24.5 Å². The van der Waals surface area contributed by atoms with Crippen molar-refractivity contribution in [3.8, 4) is 6.07 Å². The summed E-state index contributed by atoms with van der Waals surface area (Å²) in [5.41, 5.74) is 2.66. The number of nitrogens with zero attached hydrogens (tertiary/aromatic N) is 4. The number of hydrogen-bond acceptors (Lipinski definition) is 7. The molecule has 1 saturated heterocycles. The Labute approximate surface area is 197 Å². The Bertz CT molecular complexity index is 1260. The van der Waals surface area contributed by atoms with Crippen LogP contribution < -0.4 is 15.8 Å². The molecule has 1 aliphatic rings. The van der Waals surface area contributed by atoms with Crippen molar-refractivity contribution in [3.63, 3.8) is 0 Å². The van der Waals surface area contributed by atoms with Crippen LogP contribution in [0.1, 0.15) is 48.1 Å². The van der Waals surface area contributed by atoms with E-state index in [1.54, 1.807) is 10.6 Å². The van der Waals surface area contributed by atoms with Crippen LogP contribution in [0.2, 0.25) is 0 Å². The molecule has 4 rings (SSSR count). The van der Waals surface area contributed by atoms with Crippen LogP contribution in [0.25, 0.3) is 15.9 Å². The van der Waals surface area contributed by atoms with Crippen molar-refractivity contribution in [1.82, 2.24) is 14.9 Å². The van der Waals surface area contributed by atoms with Crippen molar-refractivity contribution >= 4 is 39.5 Å². The van der Waals surface area contributed by atoms with Crippen LogP contribution in [0.15, 0.2) is 41.7 Å². The van der Waals surface area contributed by atoms with E-state index in [9.17, 15) is 14.9 Å². The largest absolute Gasteiger partial charge is 0.384 e. The molecule has 7 nitrogen and oxygen atoms in total. The molecule has 0 spiro atoms. The smallest absolute Gasteiger partial charge is 0.273 e. The third-order valence-corrected chi connectivity index (χ3v) is 7.03. The molecule has 0 saturated carbocycles. The normalized spacial score (nSPS) is 13.6. The van der Waals surface area contributed by atoms with Gasteiger partial charge in [0.1, 0.15) is 11.0 Å². The minimum Gasteiger partial charge on any atom is -0.384 e. The number of carbonyl (C=O) groups excluding carboxylic acids is 1. The number of hydrogen-bond donors (Lipinski definition) is 1. The summed E-state index contributed by atoms with van der Waals surface area (Å²) in [5, 5.41) is 12.8. The van der Waals surface area contributed by atoms with E-state index in [1.165, 1.54) is 17.8 Å². The number of anilines is 1. The van der Waals surface area contributed by atoms with Crippen molar-refractivity contribution in [1.29, 1.82) is 5.26 Å². The summed E-state index contributed by atoms with van der Waals surface area (Å²) >= 11 is 1.37. The molecular formula is C25H27N5O2S. The lowest BCUT2D eigenvalue weighted by atomic mass is 10.1. The maximum Gasteiger partial charge on any atom is 0.273 e. The molecule has 0 aliphatic carbocycles. The van der Waals surface area contributed by atoms with Crippen molar-refractivity contribution in [2.45, 2.75) is 38.6 Å². The molecule has 1 aliphatic heterocycles. The number of fused-ring (bicyclic) bond motifs is 1.